The zero-order chi connectivity index (χ0) is 18.4. The van der Waals surface area contributed by atoms with E-state index >= 15 is 0 Å². The summed E-state index contributed by atoms with van der Waals surface area (Å²) in [5.74, 6) is 1.50. The van der Waals surface area contributed by atoms with Crippen LogP contribution in [0.3, 0.4) is 0 Å². The number of anilines is 1. The zero-order valence-electron chi connectivity index (χ0n) is 15.8. The molecule has 0 bridgehead atoms. The molecular weight excluding hydrogens is 401 g/mol. The molecule has 28 heavy (non-hydrogen) atoms. The van der Waals surface area contributed by atoms with Crippen LogP contribution in [0.15, 0.2) is 42.7 Å². The topological polar surface area (TPSA) is 86.5 Å². The lowest BCUT2D eigenvalue weighted by Gasteiger charge is -2.18. The Kier molecular flexibility index (Phi) is 10.1. The minimum Gasteiger partial charge on any atom is -0.493 e. The second-order valence-corrected chi connectivity index (χ2v) is 6.53. The molecule has 1 heterocycles. The zero-order valence-corrected chi connectivity index (χ0v) is 17.4. The number of benzene rings is 1. The maximum absolute atomic E-state index is 12.6. The largest absolute Gasteiger partial charge is 0.493 e. The number of ether oxygens (including phenoxy) is 2. The molecule has 8 heteroatoms. The number of halogens is 2. The van der Waals surface area contributed by atoms with E-state index in [2.05, 4.69) is 10.3 Å². The first-order chi connectivity index (χ1) is 12.7. The molecule has 1 saturated carbocycles. The fourth-order valence-corrected chi connectivity index (χ4v) is 3.41. The van der Waals surface area contributed by atoms with Crippen LogP contribution in [-0.4, -0.2) is 24.5 Å². The highest BCUT2D eigenvalue weighted by atomic mass is 35.5. The number of nitrogens with zero attached hydrogens (tertiary/aromatic N) is 1. The van der Waals surface area contributed by atoms with Crippen LogP contribution in [0.25, 0.3) is 0 Å². The van der Waals surface area contributed by atoms with Crippen LogP contribution in [-0.2, 0) is 11.4 Å². The molecule has 6 nitrogen and oxygen atoms in total. The highest BCUT2D eigenvalue weighted by Gasteiger charge is 2.31. The lowest BCUT2D eigenvalue weighted by Crippen LogP contribution is -2.29. The van der Waals surface area contributed by atoms with Gasteiger partial charge in [-0.1, -0.05) is 6.42 Å². The van der Waals surface area contributed by atoms with Crippen LogP contribution in [0, 0.1) is 11.8 Å². The average molecular weight is 428 g/mol. The number of rotatable bonds is 7. The SMILES string of the molecule is COc1ccc(NC(=O)[C@@H]2CCC[C@@H]2CN)cc1OCc1ccncc1.Cl.Cl. The molecular formula is C20H27Cl2N3O3. The van der Waals surface area contributed by atoms with Gasteiger partial charge in [-0.3, -0.25) is 9.78 Å². The highest BCUT2D eigenvalue weighted by molar-refractivity contribution is 5.93. The molecule has 1 aromatic heterocycles. The third-order valence-electron chi connectivity index (χ3n) is 4.87. The molecule has 0 aliphatic heterocycles. The quantitative estimate of drug-likeness (QED) is 0.700. The molecule has 154 valence electrons. The predicted molar refractivity (Wildman–Crippen MR) is 115 cm³/mol. The molecule has 1 aliphatic carbocycles. The van der Waals surface area contributed by atoms with Crippen molar-refractivity contribution in [2.45, 2.75) is 25.9 Å². The molecule has 3 rings (SSSR count). The van der Waals surface area contributed by atoms with Gasteiger partial charge in [0.15, 0.2) is 11.5 Å². The van der Waals surface area contributed by atoms with E-state index in [9.17, 15) is 4.79 Å². The van der Waals surface area contributed by atoms with Gasteiger partial charge in [0.25, 0.3) is 0 Å². The fraction of sp³-hybridized carbons (Fsp3) is 0.400. The monoisotopic (exact) mass is 427 g/mol. The Labute approximate surface area is 178 Å². The van der Waals surface area contributed by atoms with E-state index in [1.54, 1.807) is 31.6 Å². The van der Waals surface area contributed by atoms with Gasteiger partial charge >= 0.3 is 0 Å². The number of aromatic nitrogens is 1. The molecule has 1 aromatic carbocycles. The molecule has 0 spiro atoms. The standard InChI is InChI=1S/C20H25N3O3.2ClH/c1-25-18-6-5-16(23-20(24)17-4-2-3-15(17)12-21)11-19(18)26-13-14-7-9-22-10-8-14;;/h5-11,15,17H,2-4,12-13,21H2,1H3,(H,23,24);2*1H/t15-,17-;;/m1../s1. The number of pyridine rings is 1. The normalized spacial score (nSPS) is 17.8. The molecule has 3 N–H and O–H groups in total. The van der Waals surface area contributed by atoms with E-state index < -0.39 is 0 Å². The van der Waals surface area contributed by atoms with Crippen molar-refractivity contribution in [2.75, 3.05) is 19.0 Å². The molecule has 2 aromatic rings. The van der Waals surface area contributed by atoms with Gasteiger partial charge in [-0.2, -0.15) is 0 Å². The van der Waals surface area contributed by atoms with Crippen LogP contribution in [0.4, 0.5) is 5.69 Å². The Bertz CT molecular complexity index is 747. The lowest BCUT2D eigenvalue weighted by molar-refractivity contribution is -0.120. The van der Waals surface area contributed by atoms with E-state index in [1.807, 2.05) is 18.2 Å². The van der Waals surface area contributed by atoms with Crippen molar-refractivity contribution in [1.29, 1.82) is 0 Å². The van der Waals surface area contributed by atoms with Crippen molar-refractivity contribution < 1.29 is 14.3 Å². The van der Waals surface area contributed by atoms with Crippen LogP contribution >= 0.6 is 24.8 Å². The number of amides is 1. The van der Waals surface area contributed by atoms with Crippen LogP contribution in [0.5, 0.6) is 11.5 Å². The summed E-state index contributed by atoms with van der Waals surface area (Å²) in [5.41, 5.74) is 7.50. The van der Waals surface area contributed by atoms with Crippen LogP contribution < -0.4 is 20.5 Å². The number of hydrogen-bond donors (Lipinski definition) is 2. The van der Waals surface area contributed by atoms with Gasteiger partial charge < -0.3 is 20.5 Å². The summed E-state index contributed by atoms with van der Waals surface area (Å²) in [4.78, 5) is 16.6. The maximum atomic E-state index is 12.6. The minimum absolute atomic E-state index is 0. The summed E-state index contributed by atoms with van der Waals surface area (Å²) in [6, 6.07) is 9.20. The summed E-state index contributed by atoms with van der Waals surface area (Å²) in [6.07, 6.45) is 6.43. The van der Waals surface area contributed by atoms with Crippen molar-refractivity contribution in [3.8, 4) is 11.5 Å². The van der Waals surface area contributed by atoms with Crippen molar-refractivity contribution >= 4 is 36.4 Å². The van der Waals surface area contributed by atoms with E-state index in [0.29, 0.717) is 30.3 Å². The Hall–Kier alpha value is -2.02. The lowest BCUT2D eigenvalue weighted by atomic mass is 9.95. The van der Waals surface area contributed by atoms with Crippen molar-refractivity contribution in [3.05, 3.63) is 48.3 Å². The van der Waals surface area contributed by atoms with E-state index in [1.165, 1.54) is 0 Å². The van der Waals surface area contributed by atoms with Gasteiger partial charge in [0.2, 0.25) is 5.91 Å². The number of carbonyl (C=O) groups is 1. The minimum atomic E-state index is -0.0108. The van der Waals surface area contributed by atoms with E-state index in [-0.39, 0.29) is 42.6 Å². The Morgan fingerprint density at radius 2 is 1.93 bits per heavy atom. The maximum Gasteiger partial charge on any atom is 0.227 e. The number of nitrogens with one attached hydrogen (secondary N) is 1. The summed E-state index contributed by atoms with van der Waals surface area (Å²) < 4.78 is 11.2. The van der Waals surface area contributed by atoms with E-state index in [4.69, 9.17) is 15.2 Å². The first-order valence-electron chi connectivity index (χ1n) is 8.92. The Morgan fingerprint density at radius 3 is 2.61 bits per heavy atom. The Balaban J connectivity index is 0.00000196. The molecule has 1 amide bonds. The second-order valence-electron chi connectivity index (χ2n) is 6.53. The summed E-state index contributed by atoms with van der Waals surface area (Å²) in [7, 11) is 1.59. The molecule has 1 aliphatic rings. The smallest absolute Gasteiger partial charge is 0.227 e. The fourth-order valence-electron chi connectivity index (χ4n) is 3.41. The van der Waals surface area contributed by atoms with Gasteiger partial charge in [0.05, 0.1) is 7.11 Å². The van der Waals surface area contributed by atoms with Crippen molar-refractivity contribution in [1.82, 2.24) is 4.98 Å². The van der Waals surface area contributed by atoms with E-state index in [0.717, 1.165) is 24.8 Å². The Morgan fingerprint density at radius 1 is 1.18 bits per heavy atom. The first-order valence-corrected chi connectivity index (χ1v) is 8.92. The van der Waals surface area contributed by atoms with Crippen LogP contribution in [0.2, 0.25) is 0 Å². The number of carbonyl (C=O) groups excluding carboxylic acids is 1. The predicted octanol–water partition coefficient (Wildman–Crippen LogP) is 3.83. The van der Waals surface area contributed by atoms with Gasteiger partial charge in [0, 0.05) is 30.1 Å². The molecule has 0 saturated heterocycles. The summed E-state index contributed by atoms with van der Waals surface area (Å²) >= 11 is 0. The number of hydrogen-bond acceptors (Lipinski definition) is 5. The van der Waals surface area contributed by atoms with Gasteiger partial charge in [-0.05, 0) is 55.1 Å². The molecule has 1 fully saturated rings. The van der Waals surface area contributed by atoms with Gasteiger partial charge in [0.1, 0.15) is 6.61 Å². The van der Waals surface area contributed by atoms with Crippen molar-refractivity contribution in [2.24, 2.45) is 17.6 Å². The van der Waals surface area contributed by atoms with Gasteiger partial charge in [-0.25, -0.2) is 0 Å². The second kappa shape index (κ2) is 11.7. The molecule has 2 atom stereocenters. The van der Waals surface area contributed by atoms with Crippen molar-refractivity contribution in [3.63, 3.8) is 0 Å². The average Bonchev–Trinajstić information content (AvgIpc) is 3.16. The molecule has 0 radical (unpaired) electrons. The van der Waals surface area contributed by atoms with Crippen LogP contribution in [0.1, 0.15) is 24.8 Å². The third-order valence-corrected chi connectivity index (χ3v) is 4.87. The molecule has 0 unspecified atom stereocenters. The highest BCUT2D eigenvalue weighted by Crippen LogP contribution is 2.34. The first kappa shape index (κ1) is 24.0. The number of methoxy groups -OCH3 is 1. The summed E-state index contributed by atoms with van der Waals surface area (Å²) in [6.45, 7) is 0.954. The van der Waals surface area contributed by atoms with Gasteiger partial charge in [-0.15, -0.1) is 24.8 Å². The number of nitrogens with two attached hydrogens (primary N) is 1. The third kappa shape index (κ3) is 5.99. The summed E-state index contributed by atoms with van der Waals surface area (Å²) in [5, 5.41) is 3.00.